The van der Waals surface area contributed by atoms with E-state index in [0.29, 0.717) is 24.7 Å². The van der Waals surface area contributed by atoms with Crippen LogP contribution in [0.4, 0.5) is 0 Å². The molecular formula is C22H20N4O2. The molecule has 0 spiro atoms. The lowest BCUT2D eigenvalue weighted by atomic mass is 10.1. The van der Waals surface area contributed by atoms with Gasteiger partial charge >= 0.3 is 0 Å². The second-order valence-corrected chi connectivity index (χ2v) is 6.39. The largest absolute Gasteiger partial charge is 0.444 e. The van der Waals surface area contributed by atoms with Gasteiger partial charge in [0.2, 0.25) is 11.8 Å². The zero-order valence-electron chi connectivity index (χ0n) is 15.5. The predicted molar refractivity (Wildman–Crippen MR) is 107 cm³/mol. The molecule has 0 saturated carbocycles. The third kappa shape index (κ3) is 3.71. The van der Waals surface area contributed by atoms with Gasteiger partial charge in [0.05, 0.1) is 17.7 Å². The van der Waals surface area contributed by atoms with Crippen molar-refractivity contribution < 1.29 is 9.21 Å². The molecule has 4 rings (SSSR count). The Hall–Kier alpha value is -3.67. The summed E-state index contributed by atoms with van der Waals surface area (Å²) in [5, 5.41) is 2.82. The molecule has 4 aromatic rings. The van der Waals surface area contributed by atoms with Gasteiger partial charge < -0.3 is 14.3 Å². The van der Waals surface area contributed by atoms with Gasteiger partial charge in [0.25, 0.3) is 0 Å². The van der Waals surface area contributed by atoms with Crippen LogP contribution in [0, 0.1) is 0 Å². The van der Waals surface area contributed by atoms with E-state index in [2.05, 4.69) is 10.3 Å². The number of benzene rings is 2. The highest BCUT2D eigenvalue weighted by atomic mass is 16.3. The fourth-order valence-electron chi connectivity index (χ4n) is 3.08. The standard InChI is InChI=1S/C22H20N4O2/c1-16(27)23-12-13-26-15-24-20(17-8-4-2-5-9-17)21(26)19-14-28-22(25-19)18-10-6-3-7-11-18/h2-11,14-15H,12-13H2,1H3,(H,23,27). The van der Waals surface area contributed by atoms with Crippen molar-refractivity contribution in [1.82, 2.24) is 19.9 Å². The monoisotopic (exact) mass is 372 g/mol. The predicted octanol–water partition coefficient (Wildman–Crippen LogP) is 4.01. The number of carbonyl (C=O) groups is 1. The second-order valence-electron chi connectivity index (χ2n) is 6.39. The molecule has 1 amide bonds. The maximum Gasteiger partial charge on any atom is 0.226 e. The second kappa shape index (κ2) is 7.92. The van der Waals surface area contributed by atoms with Crippen LogP contribution in [0.15, 0.2) is 77.7 Å². The number of oxazole rings is 1. The molecule has 28 heavy (non-hydrogen) atoms. The molecule has 6 nitrogen and oxygen atoms in total. The number of aromatic nitrogens is 3. The first-order chi connectivity index (χ1) is 13.7. The van der Waals surface area contributed by atoms with Crippen LogP contribution in [0.1, 0.15) is 6.92 Å². The van der Waals surface area contributed by atoms with E-state index in [1.54, 1.807) is 12.6 Å². The van der Waals surface area contributed by atoms with Gasteiger partial charge in [-0.25, -0.2) is 9.97 Å². The van der Waals surface area contributed by atoms with Gasteiger partial charge in [0, 0.05) is 31.1 Å². The molecule has 0 radical (unpaired) electrons. The Balaban J connectivity index is 1.74. The van der Waals surface area contributed by atoms with Crippen molar-refractivity contribution in [1.29, 1.82) is 0 Å². The SMILES string of the molecule is CC(=O)NCCn1cnc(-c2ccccc2)c1-c1coc(-c2ccccc2)n1. The Morgan fingerprint density at radius 2 is 1.71 bits per heavy atom. The molecule has 0 aliphatic rings. The Morgan fingerprint density at radius 3 is 2.39 bits per heavy atom. The van der Waals surface area contributed by atoms with Gasteiger partial charge in [-0.1, -0.05) is 48.5 Å². The number of carbonyl (C=O) groups excluding carboxylic acids is 1. The molecule has 2 aromatic carbocycles. The Morgan fingerprint density at radius 1 is 1.04 bits per heavy atom. The minimum Gasteiger partial charge on any atom is -0.444 e. The summed E-state index contributed by atoms with van der Waals surface area (Å²) in [5.74, 6) is 0.502. The summed E-state index contributed by atoms with van der Waals surface area (Å²) in [4.78, 5) is 20.5. The number of hydrogen-bond acceptors (Lipinski definition) is 4. The van der Waals surface area contributed by atoms with Crippen LogP contribution in [0.2, 0.25) is 0 Å². The highest BCUT2D eigenvalue weighted by Crippen LogP contribution is 2.32. The molecule has 2 aromatic heterocycles. The number of nitrogens with one attached hydrogen (secondary N) is 1. The lowest BCUT2D eigenvalue weighted by Gasteiger charge is -2.08. The summed E-state index contributed by atoms with van der Waals surface area (Å²) in [6, 6.07) is 19.7. The molecule has 6 heteroatoms. The maximum absolute atomic E-state index is 11.2. The lowest BCUT2D eigenvalue weighted by Crippen LogP contribution is -2.24. The summed E-state index contributed by atoms with van der Waals surface area (Å²) in [6.45, 7) is 2.60. The zero-order chi connectivity index (χ0) is 19.3. The average Bonchev–Trinajstić information content (AvgIpc) is 3.36. The smallest absolute Gasteiger partial charge is 0.226 e. The van der Waals surface area contributed by atoms with E-state index in [1.807, 2.05) is 65.2 Å². The molecule has 140 valence electrons. The zero-order valence-corrected chi connectivity index (χ0v) is 15.5. The van der Waals surface area contributed by atoms with Gasteiger partial charge in [-0.2, -0.15) is 0 Å². The maximum atomic E-state index is 11.2. The summed E-state index contributed by atoms with van der Waals surface area (Å²) < 4.78 is 7.73. The van der Waals surface area contributed by atoms with Gasteiger partial charge in [-0.05, 0) is 12.1 Å². The Kier molecular flexibility index (Phi) is 5.01. The van der Waals surface area contributed by atoms with E-state index in [9.17, 15) is 4.79 Å². The van der Waals surface area contributed by atoms with Crippen LogP contribution in [-0.2, 0) is 11.3 Å². The summed E-state index contributed by atoms with van der Waals surface area (Å²) in [6.07, 6.45) is 3.43. The number of rotatable bonds is 6. The molecular weight excluding hydrogens is 352 g/mol. The van der Waals surface area contributed by atoms with Crippen LogP contribution in [0.5, 0.6) is 0 Å². The van der Waals surface area contributed by atoms with Gasteiger partial charge in [-0.15, -0.1) is 0 Å². The van der Waals surface area contributed by atoms with E-state index < -0.39 is 0 Å². The highest BCUT2D eigenvalue weighted by Gasteiger charge is 2.19. The molecule has 0 atom stereocenters. The van der Waals surface area contributed by atoms with E-state index in [4.69, 9.17) is 9.40 Å². The van der Waals surface area contributed by atoms with Crippen LogP contribution in [-0.4, -0.2) is 27.0 Å². The Labute approximate surface area is 162 Å². The van der Waals surface area contributed by atoms with Crippen molar-refractivity contribution in [2.45, 2.75) is 13.5 Å². The topological polar surface area (TPSA) is 73.0 Å². The fraction of sp³-hybridized carbons (Fsp3) is 0.136. The first-order valence-corrected chi connectivity index (χ1v) is 9.08. The van der Waals surface area contributed by atoms with Crippen molar-refractivity contribution >= 4 is 5.91 Å². The van der Waals surface area contributed by atoms with E-state index >= 15 is 0 Å². The lowest BCUT2D eigenvalue weighted by molar-refractivity contribution is -0.118. The van der Waals surface area contributed by atoms with Gasteiger partial charge in [0.15, 0.2) is 0 Å². The van der Waals surface area contributed by atoms with Crippen molar-refractivity contribution in [3.05, 3.63) is 73.3 Å². The third-order valence-electron chi connectivity index (χ3n) is 4.38. The number of imidazole rings is 1. The Bertz CT molecular complexity index is 1070. The average molecular weight is 372 g/mol. The van der Waals surface area contributed by atoms with Gasteiger partial charge in [-0.3, -0.25) is 4.79 Å². The van der Waals surface area contributed by atoms with Crippen LogP contribution in [0.3, 0.4) is 0 Å². The number of nitrogens with zero attached hydrogens (tertiary/aromatic N) is 3. The summed E-state index contributed by atoms with van der Waals surface area (Å²) >= 11 is 0. The van der Waals surface area contributed by atoms with Crippen molar-refractivity contribution in [3.8, 4) is 34.1 Å². The van der Waals surface area contributed by atoms with E-state index in [0.717, 1.165) is 22.5 Å². The first-order valence-electron chi connectivity index (χ1n) is 9.08. The molecule has 0 fully saturated rings. The van der Waals surface area contributed by atoms with E-state index in [-0.39, 0.29) is 5.91 Å². The number of amides is 1. The summed E-state index contributed by atoms with van der Waals surface area (Å²) in [5.41, 5.74) is 4.32. The van der Waals surface area contributed by atoms with Crippen LogP contribution in [0.25, 0.3) is 34.1 Å². The summed E-state index contributed by atoms with van der Waals surface area (Å²) in [7, 11) is 0. The fourth-order valence-corrected chi connectivity index (χ4v) is 3.08. The molecule has 0 saturated heterocycles. The van der Waals surface area contributed by atoms with Crippen molar-refractivity contribution in [3.63, 3.8) is 0 Å². The number of hydrogen-bond donors (Lipinski definition) is 1. The van der Waals surface area contributed by atoms with Crippen molar-refractivity contribution in [2.75, 3.05) is 6.54 Å². The third-order valence-corrected chi connectivity index (χ3v) is 4.38. The molecule has 2 heterocycles. The molecule has 0 aliphatic carbocycles. The van der Waals surface area contributed by atoms with Crippen LogP contribution < -0.4 is 5.32 Å². The van der Waals surface area contributed by atoms with Crippen molar-refractivity contribution in [2.24, 2.45) is 0 Å². The minimum absolute atomic E-state index is 0.0576. The highest BCUT2D eigenvalue weighted by molar-refractivity contribution is 5.77. The molecule has 0 unspecified atom stereocenters. The normalized spacial score (nSPS) is 10.8. The minimum atomic E-state index is -0.0576. The molecule has 0 aliphatic heterocycles. The molecule has 1 N–H and O–H groups in total. The van der Waals surface area contributed by atoms with Gasteiger partial charge in [0.1, 0.15) is 12.0 Å². The van der Waals surface area contributed by atoms with Crippen LogP contribution >= 0.6 is 0 Å². The van der Waals surface area contributed by atoms with E-state index in [1.165, 1.54) is 6.92 Å². The quantitative estimate of drug-likeness (QED) is 0.555. The molecule has 0 bridgehead atoms. The first kappa shape index (κ1) is 17.7.